The van der Waals surface area contributed by atoms with E-state index in [1.807, 2.05) is 45.9 Å². The number of nitrogens with zero attached hydrogens (tertiary/aromatic N) is 1. The highest BCUT2D eigenvalue weighted by Gasteiger charge is 1.99. The molecule has 0 saturated carbocycles. The summed E-state index contributed by atoms with van der Waals surface area (Å²) in [7, 11) is 0. The third kappa shape index (κ3) is 4.22. The van der Waals surface area contributed by atoms with Gasteiger partial charge in [0.2, 0.25) is 0 Å². The standard InChI is InChI=1S/C8H7NS2.2C2H6/c1-10-8-9-6-4-2-3-5-7(6)11-8;2*1-2/h2-5H,1H3;2*1-2H3. The lowest BCUT2D eigenvalue weighted by atomic mass is 10.3. The van der Waals surface area contributed by atoms with Crippen LogP contribution >= 0.6 is 23.1 Å². The van der Waals surface area contributed by atoms with Gasteiger partial charge in [-0.15, -0.1) is 11.3 Å². The molecule has 0 aliphatic heterocycles. The number of hydrogen-bond donors (Lipinski definition) is 0. The monoisotopic (exact) mass is 241 g/mol. The Bertz CT molecular complexity index is 335. The Morgan fingerprint density at radius 2 is 1.67 bits per heavy atom. The zero-order chi connectivity index (χ0) is 11.7. The van der Waals surface area contributed by atoms with Gasteiger partial charge in [-0.2, -0.15) is 0 Å². The summed E-state index contributed by atoms with van der Waals surface area (Å²) in [6.07, 6.45) is 2.05. The molecule has 0 N–H and O–H groups in total. The van der Waals surface area contributed by atoms with Crippen molar-refractivity contribution in [3.8, 4) is 0 Å². The van der Waals surface area contributed by atoms with Crippen LogP contribution in [0, 0.1) is 0 Å². The molecule has 0 bridgehead atoms. The highest BCUT2D eigenvalue weighted by atomic mass is 32.2. The molecule has 0 spiro atoms. The Morgan fingerprint density at radius 1 is 1.07 bits per heavy atom. The number of aromatic nitrogens is 1. The Morgan fingerprint density at radius 3 is 2.20 bits per heavy atom. The van der Waals surface area contributed by atoms with Crippen molar-refractivity contribution in [1.29, 1.82) is 0 Å². The summed E-state index contributed by atoms with van der Waals surface area (Å²) in [5.74, 6) is 0. The van der Waals surface area contributed by atoms with Crippen molar-refractivity contribution in [2.45, 2.75) is 32.0 Å². The van der Waals surface area contributed by atoms with Crippen molar-refractivity contribution in [3.63, 3.8) is 0 Å². The van der Waals surface area contributed by atoms with Gasteiger partial charge in [0.1, 0.15) is 0 Å². The molecule has 15 heavy (non-hydrogen) atoms. The van der Waals surface area contributed by atoms with Gasteiger partial charge in [-0.3, -0.25) is 0 Å². The van der Waals surface area contributed by atoms with Crippen LogP contribution in [0.25, 0.3) is 10.2 Å². The second-order valence-electron chi connectivity index (χ2n) is 2.15. The number of para-hydroxylation sites is 1. The van der Waals surface area contributed by atoms with Crippen molar-refractivity contribution in [3.05, 3.63) is 24.3 Å². The summed E-state index contributed by atoms with van der Waals surface area (Å²) in [5.41, 5.74) is 1.11. The van der Waals surface area contributed by atoms with E-state index in [1.165, 1.54) is 4.70 Å². The molecule has 0 aliphatic carbocycles. The lowest BCUT2D eigenvalue weighted by Crippen LogP contribution is -1.65. The van der Waals surface area contributed by atoms with Crippen LogP contribution in [0.2, 0.25) is 0 Å². The number of benzene rings is 1. The second-order valence-corrected chi connectivity index (χ2v) is 4.24. The summed E-state index contributed by atoms with van der Waals surface area (Å²) in [6, 6.07) is 8.22. The maximum Gasteiger partial charge on any atom is 0.150 e. The van der Waals surface area contributed by atoms with Gasteiger partial charge < -0.3 is 0 Å². The first-order valence-electron chi connectivity index (χ1n) is 5.30. The fourth-order valence-electron chi connectivity index (χ4n) is 0.938. The maximum atomic E-state index is 4.41. The molecule has 0 atom stereocenters. The number of hydrogen-bond acceptors (Lipinski definition) is 3. The summed E-state index contributed by atoms with van der Waals surface area (Å²) < 4.78 is 2.42. The summed E-state index contributed by atoms with van der Waals surface area (Å²) in [4.78, 5) is 4.41. The normalized spacial score (nSPS) is 8.60. The van der Waals surface area contributed by atoms with Gasteiger partial charge in [0.05, 0.1) is 10.2 Å². The van der Waals surface area contributed by atoms with Crippen LogP contribution in [0.4, 0.5) is 0 Å². The van der Waals surface area contributed by atoms with E-state index in [1.54, 1.807) is 23.1 Å². The highest BCUT2D eigenvalue weighted by molar-refractivity contribution is 8.00. The Hall–Kier alpha value is -0.540. The lowest BCUT2D eigenvalue weighted by Gasteiger charge is -1.80. The summed E-state index contributed by atoms with van der Waals surface area (Å²) >= 11 is 3.45. The van der Waals surface area contributed by atoms with Crippen LogP contribution in [0.5, 0.6) is 0 Å². The molecule has 1 aromatic heterocycles. The summed E-state index contributed by atoms with van der Waals surface area (Å²) in [5, 5.41) is 0. The molecule has 1 aromatic carbocycles. The molecule has 84 valence electrons. The Labute approximate surface area is 101 Å². The molecule has 2 rings (SSSR count). The molecule has 1 heterocycles. The number of rotatable bonds is 1. The van der Waals surface area contributed by atoms with E-state index in [-0.39, 0.29) is 0 Å². The minimum Gasteiger partial charge on any atom is -0.230 e. The van der Waals surface area contributed by atoms with Crippen molar-refractivity contribution >= 4 is 33.3 Å². The van der Waals surface area contributed by atoms with E-state index >= 15 is 0 Å². The highest BCUT2D eigenvalue weighted by Crippen LogP contribution is 2.27. The van der Waals surface area contributed by atoms with Crippen LogP contribution in [0.1, 0.15) is 27.7 Å². The van der Waals surface area contributed by atoms with Crippen LogP contribution in [-0.4, -0.2) is 11.2 Å². The van der Waals surface area contributed by atoms with Gasteiger partial charge in [-0.05, 0) is 18.4 Å². The first-order valence-corrected chi connectivity index (χ1v) is 7.34. The smallest absolute Gasteiger partial charge is 0.150 e. The van der Waals surface area contributed by atoms with Gasteiger partial charge in [-0.1, -0.05) is 51.6 Å². The SMILES string of the molecule is CC.CC.CSc1nc2ccccc2s1. The van der Waals surface area contributed by atoms with Crippen LogP contribution in [-0.2, 0) is 0 Å². The lowest BCUT2D eigenvalue weighted by molar-refractivity contribution is 1.31. The molecule has 0 aliphatic rings. The third-order valence-corrected chi connectivity index (χ3v) is 3.47. The van der Waals surface area contributed by atoms with Gasteiger partial charge in [-0.25, -0.2) is 4.98 Å². The minimum atomic E-state index is 1.11. The average Bonchev–Trinajstić information content (AvgIpc) is 2.77. The van der Waals surface area contributed by atoms with E-state index in [4.69, 9.17) is 0 Å². The third-order valence-electron chi connectivity index (χ3n) is 1.45. The fourth-order valence-corrected chi connectivity index (χ4v) is 2.43. The largest absolute Gasteiger partial charge is 0.230 e. The van der Waals surface area contributed by atoms with E-state index in [9.17, 15) is 0 Å². The predicted octanol–water partition coefficient (Wildman–Crippen LogP) is 5.07. The van der Waals surface area contributed by atoms with Gasteiger partial charge >= 0.3 is 0 Å². The fraction of sp³-hybridized carbons (Fsp3) is 0.417. The van der Waals surface area contributed by atoms with Crippen LogP contribution in [0.15, 0.2) is 28.6 Å². The van der Waals surface area contributed by atoms with Gasteiger partial charge in [0.15, 0.2) is 4.34 Å². The van der Waals surface area contributed by atoms with Crippen molar-refractivity contribution < 1.29 is 0 Å². The van der Waals surface area contributed by atoms with Crippen molar-refractivity contribution in [2.24, 2.45) is 0 Å². The molecule has 2 aromatic rings. The maximum absolute atomic E-state index is 4.41. The predicted molar refractivity (Wildman–Crippen MR) is 74.1 cm³/mol. The molecular weight excluding hydrogens is 222 g/mol. The average molecular weight is 241 g/mol. The first-order chi connectivity index (χ1) is 7.40. The van der Waals surface area contributed by atoms with Gasteiger partial charge in [0, 0.05) is 0 Å². The molecule has 0 radical (unpaired) electrons. The molecular formula is C12H19NS2. The summed E-state index contributed by atoms with van der Waals surface area (Å²) in [6.45, 7) is 8.00. The molecule has 3 heteroatoms. The molecule has 0 fully saturated rings. The Kier molecular flexibility index (Phi) is 8.43. The Balaban J connectivity index is 0.000000442. The number of thiazole rings is 1. The molecule has 0 saturated heterocycles. The topological polar surface area (TPSA) is 12.9 Å². The zero-order valence-corrected chi connectivity index (χ0v) is 11.7. The van der Waals surface area contributed by atoms with E-state index in [0.717, 1.165) is 9.86 Å². The van der Waals surface area contributed by atoms with E-state index < -0.39 is 0 Å². The number of thioether (sulfide) groups is 1. The van der Waals surface area contributed by atoms with Crippen molar-refractivity contribution in [2.75, 3.05) is 6.26 Å². The van der Waals surface area contributed by atoms with Crippen LogP contribution in [0.3, 0.4) is 0 Å². The second kappa shape index (κ2) is 8.74. The van der Waals surface area contributed by atoms with E-state index in [0.29, 0.717) is 0 Å². The number of fused-ring (bicyclic) bond motifs is 1. The van der Waals surface area contributed by atoms with Crippen LogP contribution < -0.4 is 0 Å². The van der Waals surface area contributed by atoms with Crippen molar-refractivity contribution in [1.82, 2.24) is 4.98 Å². The zero-order valence-electron chi connectivity index (χ0n) is 10.1. The van der Waals surface area contributed by atoms with E-state index in [2.05, 4.69) is 17.3 Å². The molecule has 1 nitrogen and oxygen atoms in total. The quantitative estimate of drug-likeness (QED) is 0.646. The minimum absolute atomic E-state index is 1.11. The molecule has 0 amide bonds. The molecule has 0 unspecified atom stereocenters. The van der Waals surface area contributed by atoms with Gasteiger partial charge in [0.25, 0.3) is 0 Å². The first kappa shape index (κ1) is 14.5.